The molecular formula is C9H14O5. The molecule has 5 heteroatoms. The summed E-state index contributed by atoms with van der Waals surface area (Å²) in [6, 6.07) is 0. The fourth-order valence-electron chi connectivity index (χ4n) is 0.751. The largest absolute Gasteiger partial charge is 0.481 e. The molecule has 5 nitrogen and oxygen atoms in total. The van der Waals surface area contributed by atoms with Gasteiger partial charge in [0, 0.05) is 6.42 Å². The monoisotopic (exact) mass is 202 g/mol. The Hall–Kier alpha value is -1.36. The second kappa shape index (κ2) is 5.39. The number of aliphatic hydroxyl groups is 1. The van der Waals surface area contributed by atoms with E-state index >= 15 is 0 Å². The van der Waals surface area contributed by atoms with Crippen LogP contribution in [-0.2, 0) is 14.3 Å². The highest BCUT2D eigenvalue weighted by molar-refractivity contribution is 5.79. The van der Waals surface area contributed by atoms with Gasteiger partial charge < -0.3 is 14.9 Å². The van der Waals surface area contributed by atoms with Crippen molar-refractivity contribution in [1.82, 2.24) is 0 Å². The summed E-state index contributed by atoms with van der Waals surface area (Å²) in [5.41, 5.74) is -1.62. The molecule has 0 bridgehead atoms. The lowest BCUT2D eigenvalue weighted by Crippen LogP contribution is -2.36. The van der Waals surface area contributed by atoms with E-state index in [1.807, 2.05) is 0 Å². The van der Waals surface area contributed by atoms with Crippen molar-refractivity contribution < 1.29 is 24.5 Å². The molecule has 0 aliphatic heterocycles. The Balaban J connectivity index is 3.94. The van der Waals surface area contributed by atoms with Crippen LogP contribution in [0.25, 0.3) is 0 Å². The van der Waals surface area contributed by atoms with Crippen molar-refractivity contribution in [3.05, 3.63) is 12.7 Å². The average Bonchev–Trinajstić information content (AvgIpc) is 2.03. The Bertz CT molecular complexity index is 231. The molecule has 0 amide bonds. The van der Waals surface area contributed by atoms with Crippen molar-refractivity contribution in [1.29, 1.82) is 0 Å². The zero-order valence-electron chi connectivity index (χ0n) is 8.02. The van der Waals surface area contributed by atoms with Crippen molar-refractivity contribution in [2.75, 3.05) is 6.61 Å². The number of hydrogen-bond acceptors (Lipinski definition) is 4. The molecule has 14 heavy (non-hydrogen) atoms. The van der Waals surface area contributed by atoms with Crippen molar-refractivity contribution in [2.24, 2.45) is 0 Å². The molecule has 0 spiro atoms. The van der Waals surface area contributed by atoms with Gasteiger partial charge in [0.1, 0.15) is 6.61 Å². The number of carbonyl (C=O) groups excluding carboxylic acids is 1. The lowest BCUT2D eigenvalue weighted by molar-refractivity contribution is -0.164. The molecule has 0 radical (unpaired) electrons. The highest BCUT2D eigenvalue weighted by Crippen LogP contribution is 2.11. The number of ether oxygens (including phenoxy) is 1. The Morgan fingerprint density at radius 1 is 1.57 bits per heavy atom. The predicted octanol–water partition coefficient (Wildman–Crippen LogP) is 0.331. The third-order valence-corrected chi connectivity index (χ3v) is 1.53. The van der Waals surface area contributed by atoms with E-state index in [9.17, 15) is 14.7 Å². The topological polar surface area (TPSA) is 83.8 Å². The Morgan fingerprint density at radius 3 is 2.57 bits per heavy atom. The van der Waals surface area contributed by atoms with Crippen LogP contribution in [-0.4, -0.2) is 34.4 Å². The maximum atomic E-state index is 11.1. The number of carboxylic acid groups (broad SMARTS) is 1. The standard InChI is InChI=1S/C9H14O5/c1-3-5-9(2,13)8(12)14-6-4-7(10)11/h3,13H,1,4-6H2,2H3,(H,10,11). The third kappa shape index (κ3) is 4.61. The van der Waals surface area contributed by atoms with Gasteiger partial charge in [-0.1, -0.05) is 6.08 Å². The zero-order valence-corrected chi connectivity index (χ0v) is 8.02. The van der Waals surface area contributed by atoms with E-state index in [4.69, 9.17) is 5.11 Å². The quantitative estimate of drug-likeness (QED) is 0.479. The van der Waals surface area contributed by atoms with Crippen LogP contribution in [0, 0.1) is 0 Å². The SMILES string of the molecule is C=CCC(C)(O)C(=O)OCCC(=O)O. The number of rotatable bonds is 6. The Labute approximate surface area is 82.0 Å². The van der Waals surface area contributed by atoms with Gasteiger partial charge in [-0.3, -0.25) is 4.79 Å². The van der Waals surface area contributed by atoms with E-state index in [2.05, 4.69) is 11.3 Å². The minimum absolute atomic E-state index is 0.0684. The molecule has 0 aliphatic rings. The van der Waals surface area contributed by atoms with E-state index < -0.39 is 17.5 Å². The molecule has 80 valence electrons. The minimum Gasteiger partial charge on any atom is -0.481 e. The van der Waals surface area contributed by atoms with E-state index in [0.29, 0.717) is 0 Å². The van der Waals surface area contributed by atoms with Crippen molar-refractivity contribution in [3.8, 4) is 0 Å². The predicted molar refractivity (Wildman–Crippen MR) is 48.6 cm³/mol. The Kier molecular flexibility index (Phi) is 4.86. The van der Waals surface area contributed by atoms with Crippen LogP contribution in [0.2, 0.25) is 0 Å². The minimum atomic E-state index is -1.62. The molecule has 1 atom stereocenters. The molecule has 0 aromatic heterocycles. The van der Waals surface area contributed by atoms with E-state index in [1.54, 1.807) is 0 Å². The van der Waals surface area contributed by atoms with E-state index in [1.165, 1.54) is 13.0 Å². The summed E-state index contributed by atoms with van der Waals surface area (Å²) in [5.74, 6) is -1.89. The summed E-state index contributed by atoms with van der Waals surface area (Å²) in [4.78, 5) is 21.2. The van der Waals surface area contributed by atoms with Crippen molar-refractivity contribution in [2.45, 2.75) is 25.4 Å². The lowest BCUT2D eigenvalue weighted by Gasteiger charge is -2.18. The number of aliphatic carboxylic acids is 1. The van der Waals surface area contributed by atoms with Gasteiger partial charge in [0.25, 0.3) is 0 Å². The fourth-order valence-corrected chi connectivity index (χ4v) is 0.751. The highest BCUT2D eigenvalue weighted by Gasteiger charge is 2.30. The summed E-state index contributed by atoms with van der Waals surface area (Å²) in [6.07, 6.45) is 1.19. The molecule has 0 saturated carbocycles. The lowest BCUT2D eigenvalue weighted by atomic mass is 10.0. The summed E-state index contributed by atoms with van der Waals surface area (Å²) in [5, 5.41) is 17.7. The van der Waals surface area contributed by atoms with Crippen molar-refractivity contribution >= 4 is 11.9 Å². The summed E-state index contributed by atoms with van der Waals surface area (Å²) in [6.45, 7) is 4.43. The molecule has 0 heterocycles. The van der Waals surface area contributed by atoms with Gasteiger partial charge in [0.2, 0.25) is 0 Å². The van der Waals surface area contributed by atoms with Gasteiger partial charge in [0.15, 0.2) is 5.60 Å². The molecule has 0 saturated heterocycles. The molecule has 1 unspecified atom stereocenters. The highest BCUT2D eigenvalue weighted by atomic mass is 16.5. The van der Waals surface area contributed by atoms with Gasteiger partial charge >= 0.3 is 11.9 Å². The van der Waals surface area contributed by atoms with Crippen LogP contribution in [0.5, 0.6) is 0 Å². The van der Waals surface area contributed by atoms with Crippen molar-refractivity contribution in [3.63, 3.8) is 0 Å². The summed E-state index contributed by atoms with van der Waals surface area (Å²) in [7, 11) is 0. The van der Waals surface area contributed by atoms with Gasteiger partial charge in [-0.05, 0) is 6.92 Å². The molecule has 0 rings (SSSR count). The first-order chi connectivity index (χ1) is 6.40. The molecule has 0 aliphatic carbocycles. The van der Waals surface area contributed by atoms with Gasteiger partial charge in [-0.15, -0.1) is 6.58 Å². The third-order valence-electron chi connectivity index (χ3n) is 1.53. The number of esters is 1. The molecule has 2 N–H and O–H groups in total. The van der Waals surface area contributed by atoms with Crippen LogP contribution in [0.1, 0.15) is 19.8 Å². The molecule has 0 aromatic rings. The van der Waals surface area contributed by atoms with Gasteiger partial charge in [-0.25, -0.2) is 4.79 Å². The second-order valence-electron chi connectivity index (χ2n) is 3.05. The van der Waals surface area contributed by atoms with E-state index in [0.717, 1.165) is 0 Å². The number of carbonyl (C=O) groups is 2. The first-order valence-corrected chi connectivity index (χ1v) is 4.12. The van der Waals surface area contributed by atoms with Crippen LogP contribution in [0.15, 0.2) is 12.7 Å². The summed E-state index contributed by atoms with van der Waals surface area (Å²) >= 11 is 0. The number of hydrogen-bond donors (Lipinski definition) is 2. The van der Waals surface area contributed by atoms with Crippen LogP contribution in [0.3, 0.4) is 0 Å². The van der Waals surface area contributed by atoms with Gasteiger partial charge in [-0.2, -0.15) is 0 Å². The normalized spacial score (nSPS) is 14.1. The molecular weight excluding hydrogens is 188 g/mol. The maximum absolute atomic E-state index is 11.1. The first-order valence-electron chi connectivity index (χ1n) is 4.12. The smallest absolute Gasteiger partial charge is 0.338 e. The average molecular weight is 202 g/mol. The molecule has 0 aromatic carbocycles. The van der Waals surface area contributed by atoms with Gasteiger partial charge in [0.05, 0.1) is 6.42 Å². The fraction of sp³-hybridized carbons (Fsp3) is 0.556. The summed E-state index contributed by atoms with van der Waals surface area (Å²) < 4.78 is 4.55. The maximum Gasteiger partial charge on any atom is 0.338 e. The van der Waals surface area contributed by atoms with Crippen LogP contribution < -0.4 is 0 Å². The first kappa shape index (κ1) is 12.6. The number of carboxylic acids is 1. The van der Waals surface area contributed by atoms with E-state index in [-0.39, 0.29) is 19.4 Å². The van der Waals surface area contributed by atoms with Crippen LogP contribution in [0.4, 0.5) is 0 Å². The van der Waals surface area contributed by atoms with Crippen LogP contribution >= 0.6 is 0 Å². The second-order valence-corrected chi connectivity index (χ2v) is 3.05. The zero-order chi connectivity index (χ0) is 11.2. The molecule has 0 fully saturated rings. The Morgan fingerprint density at radius 2 is 2.14 bits per heavy atom.